The molecule has 1 aliphatic rings. The minimum Gasteiger partial charge on any atom is -0.325 e. The lowest BCUT2D eigenvalue weighted by Crippen LogP contribution is -2.38. The van der Waals surface area contributed by atoms with E-state index < -0.39 is 15.9 Å². The molecular formula is C27H29N3O4S. The lowest BCUT2D eigenvalue weighted by Gasteiger charge is -2.26. The third-order valence-corrected chi connectivity index (χ3v) is 8.08. The molecule has 1 fully saturated rings. The fraction of sp³-hybridized carbons (Fsp3) is 0.259. The van der Waals surface area contributed by atoms with Gasteiger partial charge in [0.1, 0.15) is 6.54 Å². The molecule has 0 bridgehead atoms. The Labute approximate surface area is 206 Å². The minimum absolute atomic E-state index is 0.0974. The summed E-state index contributed by atoms with van der Waals surface area (Å²) in [6.07, 6.45) is 1.38. The van der Waals surface area contributed by atoms with Crippen molar-refractivity contribution in [3.63, 3.8) is 0 Å². The number of aryl methyl sites for hydroxylation is 2. The van der Waals surface area contributed by atoms with Gasteiger partial charge in [-0.3, -0.25) is 13.9 Å². The zero-order valence-electron chi connectivity index (χ0n) is 20.1. The Bertz CT molecular complexity index is 1370. The van der Waals surface area contributed by atoms with Gasteiger partial charge in [0.05, 0.1) is 10.6 Å². The summed E-state index contributed by atoms with van der Waals surface area (Å²) >= 11 is 0. The predicted molar refractivity (Wildman–Crippen MR) is 138 cm³/mol. The van der Waals surface area contributed by atoms with Crippen LogP contribution < -0.4 is 14.5 Å². The van der Waals surface area contributed by atoms with Crippen molar-refractivity contribution in [2.24, 2.45) is 0 Å². The number of amides is 2. The van der Waals surface area contributed by atoms with Crippen LogP contribution in [-0.4, -0.2) is 33.3 Å². The summed E-state index contributed by atoms with van der Waals surface area (Å²) in [4.78, 5) is 27.1. The quantitative estimate of drug-likeness (QED) is 0.524. The highest BCUT2D eigenvalue weighted by Gasteiger charge is 2.29. The number of nitrogens with one attached hydrogen (secondary N) is 1. The molecule has 4 rings (SSSR count). The Morgan fingerprint density at radius 3 is 2.37 bits per heavy atom. The lowest BCUT2D eigenvalue weighted by atomic mass is 10.1. The second-order valence-corrected chi connectivity index (χ2v) is 10.6. The van der Waals surface area contributed by atoms with Crippen LogP contribution in [-0.2, 0) is 19.6 Å². The third kappa shape index (κ3) is 5.07. The number of hydrogen-bond acceptors (Lipinski definition) is 4. The van der Waals surface area contributed by atoms with Crippen molar-refractivity contribution in [3.8, 4) is 0 Å². The molecule has 2 amide bonds. The van der Waals surface area contributed by atoms with Crippen LogP contribution in [0.25, 0.3) is 0 Å². The molecule has 0 radical (unpaired) electrons. The van der Waals surface area contributed by atoms with Gasteiger partial charge in [-0.05, 0) is 80.3 Å². The third-order valence-electron chi connectivity index (χ3n) is 6.31. The highest BCUT2D eigenvalue weighted by Crippen LogP contribution is 2.30. The summed E-state index contributed by atoms with van der Waals surface area (Å²) in [7, 11) is -3.98. The molecular weight excluding hydrogens is 462 g/mol. The van der Waals surface area contributed by atoms with Crippen LogP contribution in [0.4, 0.5) is 17.1 Å². The van der Waals surface area contributed by atoms with Crippen LogP contribution in [0, 0.1) is 20.8 Å². The Hall–Kier alpha value is -3.65. The number of anilines is 3. The first kappa shape index (κ1) is 24.5. The molecule has 3 aromatic rings. The van der Waals surface area contributed by atoms with E-state index in [1.54, 1.807) is 47.4 Å². The first-order valence-electron chi connectivity index (χ1n) is 11.5. The number of hydrogen-bond donors (Lipinski definition) is 1. The molecule has 0 atom stereocenters. The van der Waals surface area contributed by atoms with E-state index in [4.69, 9.17) is 0 Å². The van der Waals surface area contributed by atoms with E-state index in [-0.39, 0.29) is 17.3 Å². The van der Waals surface area contributed by atoms with Crippen molar-refractivity contribution in [1.82, 2.24) is 0 Å². The largest absolute Gasteiger partial charge is 0.325 e. The van der Waals surface area contributed by atoms with Gasteiger partial charge in [-0.2, -0.15) is 0 Å². The smallest absolute Gasteiger partial charge is 0.264 e. The normalized spacial score (nSPS) is 13.7. The highest BCUT2D eigenvalue weighted by atomic mass is 32.2. The molecule has 0 aromatic heterocycles. The zero-order chi connectivity index (χ0) is 25.2. The molecule has 0 saturated carbocycles. The fourth-order valence-electron chi connectivity index (χ4n) is 4.29. The Balaban J connectivity index is 1.61. The van der Waals surface area contributed by atoms with E-state index in [0.717, 1.165) is 33.1 Å². The van der Waals surface area contributed by atoms with Crippen LogP contribution >= 0.6 is 0 Å². The van der Waals surface area contributed by atoms with Gasteiger partial charge in [0.25, 0.3) is 10.0 Å². The molecule has 0 spiro atoms. The van der Waals surface area contributed by atoms with Crippen molar-refractivity contribution in [2.45, 2.75) is 38.5 Å². The second-order valence-electron chi connectivity index (χ2n) is 8.74. The second kappa shape index (κ2) is 9.92. The summed E-state index contributed by atoms with van der Waals surface area (Å²) in [6, 6.07) is 18.8. The molecule has 0 unspecified atom stereocenters. The van der Waals surface area contributed by atoms with Crippen LogP contribution in [0.5, 0.6) is 0 Å². The maximum absolute atomic E-state index is 13.6. The Morgan fingerprint density at radius 1 is 0.971 bits per heavy atom. The van der Waals surface area contributed by atoms with Crippen molar-refractivity contribution in [2.75, 3.05) is 27.6 Å². The van der Waals surface area contributed by atoms with E-state index in [2.05, 4.69) is 5.32 Å². The van der Waals surface area contributed by atoms with E-state index >= 15 is 0 Å². The summed E-state index contributed by atoms with van der Waals surface area (Å²) in [6.45, 7) is 5.94. The maximum atomic E-state index is 13.6. The highest BCUT2D eigenvalue weighted by molar-refractivity contribution is 7.92. The molecule has 0 aliphatic carbocycles. The van der Waals surface area contributed by atoms with Crippen molar-refractivity contribution < 1.29 is 18.0 Å². The molecule has 35 heavy (non-hydrogen) atoms. The van der Waals surface area contributed by atoms with E-state index in [0.29, 0.717) is 24.3 Å². The average Bonchev–Trinajstić information content (AvgIpc) is 3.25. The molecule has 1 N–H and O–H groups in total. The molecule has 182 valence electrons. The number of rotatable bonds is 7. The number of carbonyl (C=O) groups is 2. The van der Waals surface area contributed by atoms with Crippen molar-refractivity contribution >= 4 is 38.9 Å². The summed E-state index contributed by atoms with van der Waals surface area (Å²) in [5.41, 5.74) is 4.41. The van der Waals surface area contributed by atoms with E-state index in [1.165, 1.54) is 12.1 Å². The van der Waals surface area contributed by atoms with E-state index in [1.807, 2.05) is 32.9 Å². The Morgan fingerprint density at radius 2 is 1.71 bits per heavy atom. The molecule has 7 nitrogen and oxygen atoms in total. The summed E-state index contributed by atoms with van der Waals surface area (Å²) < 4.78 is 28.3. The van der Waals surface area contributed by atoms with Crippen LogP contribution in [0.2, 0.25) is 0 Å². The van der Waals surface area contributed by atoms with Gasteiger partial charge in [-0.1, -0.05) is 30.3 Å². The number of benzene rings is 3. The van der Waals surface area contributed by atoms with Gasteiger partial charge in [0.2, 0.25) is 11.8 Å². The first-order chi connectivity index (χ1) is 16.7. The topological polar surface area (TPSA) is 86.8 Å². The molecule has 1 saturated heterocycles. The van der Waals surface area contributed by atoms with E-state index in [9.17, 15) is 18.0 Å². The standard InChI is InChI=1S/C27H29N3O4S/c1-19-9-7-12-25(21(19)3)30(35(33,34)23-10-5-4-6-11-23)18-26(31)28-22-14-15-24(20(2)17-22)29-16-8-13-27(29)32/h4-7,9-12,14-15,17H,8,13,16,18H2,1-3H3,(H,28,31). The minimum atomic E-state index is -3.98. The molecule has 3 aromatic carbocycles. The van der Waals surface area contributed by atoms with Crippen LogP contribution in [0.1, 0.15) is 29.5 Å². The number of carbonyl (C=O) groups excluding carboxylic acids is 2. The number of nitrogens with zero attached hydrogens (tertiary/aromatic N) is 2. The SMILES string of the molecule is Cc1cc(NC(=O)CN(c2cccc(C)c2C)S(=O)(=O)c2ccccc2)ccc1N1CCCC1=O. The van der Waals surface area contributed by atoms with Gasteiger partial charge < -0.3 is 10.2 Å². The fourth-order valence-corrected chi connectivity index (χ4v) is 5.79. The van der Waals surface area contributed by atoms with Crippen molar-refractivity contribution in [1.29, 1.82) is 0 Å². The van der Waals surface area contributed by atoms with Crippen LogP contribution in [0.3, 0.4) is 0 Å². The predicted octanol–water partition coefficient (Wildman–Crippen LogP) is 4.57. The average molecular weight is 492 g/mol. The van der Waals surface area contributed by atoms with Gasteiger partial charge in [-0.25, -0.2) is 8.42 Å². The van der Waals surface area contributed by atoms with Gasteiger partial charge in [0.15, 0.2) is 0 Å². The Kier molecular flexibility index (Phi) is 6.93. The van der Waals surface area contributed by atoms with Crippen LogP contribution in [0.15, 0.2) is 71.6 Å². The number of sulfonamides is 1. The molecule has 1 heterocycles. The monoisotopic (exact) mass is 491 g/mol. The van der Waals surface area contributed by atoms with Crippen molar-refractivity contribution in [3.05, 3.63) is 83.4 Å². The summed E-state index contributed by atoms with van der Waals surface area (Å²) in [5, 5.41) is 2.82. The lowest BCUT2D eigenvalue weighted by molar-refractivity contribution is -0.117. The first-order valence-corrected chi connectivity index (χ1v) is 13.0. The zero-order valence-corrected chi connectivity index (χ0v) is 20.9. The maximum Gasteiger partial charge on any atom is 0.264 e. The molecule has 1 aliphatic heterocycles. The van der Waals surface area contributed by atoms with Gasteiger partial charge in [-0.15, -0.1) is 0 Å². The summed E-state index contributed by atoms with van der Waals surface area (Å²) in [5.74, 6) is -0.366. The van der Waals surface area contributed by atoms with Gasteiger partial charge in [0, 0.05) is 24.3 Å². The molecule has 8 heteroatoms. The van der Waals surface area contributed by atoms with Gasteiger partial charge >= 0.3 is 0 Å².